The second-order valence-corrected chi connectivity index (χ2v) is 6.70. The molecule has 1 heterocycles. The first kappa shape index (κ1) is 14.8. The lowest BCUT2D eigenvalue weighted by Crippen LogP contribution is -2.36. The minimum atomic E-state index is -0.770. The number of carbonyl (C=O) groups excluding carboxylic acids is 1. The van der Waals surface area contributed by atoms with Crippen LogP contribution in [0.4, 0.5) is 0 Å². The third-order valence-corrected chi connectivity index (χ3v) is 4.16. The van der Waals surface area contributed by atoms with Crippen molar-refractivity contribution in [2.45, 2.75) is 18.9 Å². The Morgan fingerprint density at radius 3 is 2.84 bits per heavy atom. The van der Waals surface area contributed by atoms with Crippen LogP contribution in [0.15, 0.2) is 27.1 Å². The van der Waals surface area contributed by atoms with E-state index in [9.17, 15) is 9.90 Å². The van der Waals surface area contributed by atoms with Crippen molar-refractivity contribution in [2.75, 3.05) is 19.7 Å². The van der Waals surface area contributed by atoms with Crippen LogP contribution in [0.5, 0.6) is 5.75 Å². The molecule has 0 spiro atoms. The summed E-state index contributed by atoms with van der Waals surface area (Å²) in [4.78, 5) is 13.6. The minimum absolute atomic E-state index is 0.0175. The van der Waals surface area contributed by atoms with Gasteiger partial charge in [0.25, 0.3) is 5.91 Å². The van der Waals surface area contributed by atoms with Gasteiger partial charge in [-0.15, -0.1) is 0 Å². The zero-order chi connectivity index (χ0) is 14.0. The van der Waals surface area contributed by atoms with Gasteiger partial charge in [0.15, 0.2) is 6.61 Å². The van der Waals surface area contributed by atoms with E-state index < -0.39 is 5.60 Å². The molecule has 6 heteroatoms. The fourth-order valence-electron chi connectivity index (χ4n) is 1.98. The van der Waals surface area contributed by atoms with Crippen LogP contribution in [0.1, 0.15) is 13.3 Å². The van der Waals surface area contributed by atoms with Gasteiger partial charge in [-0.25, -0.2) is 0 Å². The number of halogens is 2. The lowest BCUT2D eigenvalue weighted by atomic mass is 10.1. The zero-order valence-corrected chi connectivity index (χ0v) is 13.7. The van der Waals surface area contributed by atoms with Gasteiger partial charge in [0.05, 0.1) is 10.1 Å². The predicted octanol–water partition coefficient (Wildman–Crippen LogP) is 2.57. The van der Waals surface area contributed by atoms with Crippen LogP contribution < -0.4 is 4.74 Å². The Bertz CT molecular complexity index is 491. The van der Waals surface area contributed by atoms with Gasteiger partial charge < -0.3 is 14.7 Å². The first-order valence-corrected chi connectivity index (χ1v) is 7.54. The number of nitrogens with zero attached hydrogens (tertiary/aromatic N) is 1. The molecule has 1 N–H and O–H groups in total. The lowest BCUT2D eigenvalue weighted by Gasteiger charge is -2.19. The van der Waals surface area contributed by atoms with Crippen molar-refractivity contribution in [1.29, 1.82) is 0 Å². The Kier molecular flexibility index (Phi) is 4.53. The highest BCUT2D eigenvalue weighted by molar-refractivity contribution is 9.11. The average Bonchev–Trinajstić information content (AvgIpc) is 2.68. The molecule has 0 radical (unpaired) electrons. The predicted molar refractivity (Wildman–Crippen MR) is 79.2 cm³/mol. The Labute approximate surface area is 129 Å². The number of carbonyl (C=O) groups is 1. The minimum Gasteiger partial charge on any atom is -0.483 e. The van der Waals surface area contributed by atoms with E-state index in [1.165, 1.54) is 0 Å². The quantitative estimate of drug-likeness (QED) is 0.859. The van der Waals surface area contributed by atoms with Gasteiger partial charge in [0.1, 0.15) is 5.75 Å². The van der Waals surface area contributed by atoms with E-state index in [0.29, 0.717) is 25.3 Å². The second-order valence-electron chi connectivity index (χ2n) is 4.93. The molecular weight excluding hydrogens is 378 g/mol. The van der Waals surface area contributed by atoms with Crippen LogP contribution in [0.25, 0.3) is 0 Å². The number of β-amino-alcohol motifs (C(OH)–C–C–N with tert-alkyl or cyclic N) is 1. The molecule has 104 valence electrons. The number of ether oxygens (including phenoxy) is 1. The van der Waals surface area contributed by atoms with Crippen LogP contribution in [-0.4, -0.2) is 41.2 Å². The van der Waals surface area contributed by atoms with Crippen LogP contribution in [0, 0.1) is 0 Å². The van der Waals surface area contributed by atoms with Crippen LogP contribution in [-0.2, 0) is 4.79 Å². The van der Waals surface area contributed by atoms with Crippen molar-refractivity contribution in [2.24, 2.45) is 0 Å². The molecule has 0 aromatic heterocycles. The van der Waals surface area contributed by atoms with Crippen molar-refractivity contribution >= 4 is 37.8 Å². The smallest absolute Gasteiger partial charge is 0.260 e. The van der Waals surface area contributed by atoms with Crippen molar-refractivity contribution < 1.29 is 14.6 Å². The first-order valence-electron chi connectivity index (χ1n) is 5.95. The summed E-state index contributed by atoms with van der Waals surface area (Å²) >= 11 is 6.73. The SMILES string of the molecule is CC1(O)CCN(C(=O)COc2ccc(Br)cc2Br)C1. The molecule has 1 amide bonds. The monoisotopic (exact) mass is 391 g/mol. The Morgan fingerprint density at radius 2 is 2.26 bits per heavy atom. The van der Waals surface area contributed by atoms with Crippen LogP contribution in [0.3, 0.4) is 0 Å². The van der Waals surface area contributed by atoms with E-state index in [1.807, 2.05) is 12.1 Å². The van der Waals surface area contributed by atoms with E-state index >= 15 is 0 Å². The molecule has 1 aliphatic heterocycles. The molecule has 0 bridgehead atoms. The first-order chi connectivity index (χ1) is 8.87. The van der Waals surface area contributed by atoms with Gasteiger partial charge in [-0.05, 0) is 47.5 Å². The molecule has 2 rings (SSSR count). The van der Waals surface area contributed by atoms with Gasteiger partial charge in [0, 0.05) is 17.6 Å². The maximum Gasteiger partial charge on any atom is 0.260 e. The number of amides is 1. The van der Waals surface area contributed by atoms with E-state index in [1.54, 1.807) is 17.9 Å². The molecule has 1 atom stereocenters. The molecule has 1 aromatic rings. The third kappa shape index (κ3) is 3.94. The molecule has 4 nitrogen and oxygen atoms in total. The molecular formula is C13H15Br2NO3. The average molecular weight is 393 g/mol. The Morgan fingerprint density at radius 1 is 1.53 bits per heavy atom. The summed E-state index contributed by atoms with van der Waals surface area (Å²) in [6.45, 7) is 2.68. The summed E-state index contributed by atoms with van der Waals surface area (Å²) in [6, 6.07) is 5.51. The highest BCUT2D eigenvalue weighted by Crippen LogP contribution is 2.28. The van der Waals surface area contributed by atoms with Crippen LogP contribution >= 0.6 is 31.9 Å². The highest BCUT2D eigenvalue weighted by Gasteiger charge is 2.33. The zero-order valence-electron chi connectivity index (χ0n) is 10.5. The number of rotatable bonds is 3. The fourth-order valence-corrected chi connectivity index (χ4v) is 3.14. The lowest BCUT2D eigenvalue weighted by molar-refractivity contribution is -0.133. The standard InChI is InChI=1S/C13H15Br2NO3/c1-13(18)4-5-16(8-13)12(17)7-19-11-3-2-9(14)6-10(11)15/h2-3,6,18H,4-5,7-8H2,1H3. The maximum absolute atomic E-state index is 11.9. The van der Waals surface area contributed by atoms with Gasteiger partial charge in [-0.1, -0.05) is 15.9 Å². The third-order valence-electron chi connectivity index (χ3n) is 3.05. The summed E-state index contributed by atoms with van der Waals surface area (Å²) in [7, 11) is 0. The number of likely N-dealkylation sites (tertiary alicyclic amines) is 1. The van der Waals surface area contributed by atoms with E-state index in [-0.39, 0.29) is 12.5 Å². The fraction of sp³-hybridized carbons (Fsp3) is 0.462. The molecule has 1 aliphatic rings. The van der Waals surface area contributed by atoms with Gasteiger partial charge in [0.2, 0.25) is 0 Å². The number of aliphatic hydroxyl groups is 1. The van der Waals surface area contributed by atoms with Crippen molar-refractivity contribution in [3.63, 3.8) is 0 Å². The van der Waals surface area contributed by atoms with Gasteiger partial charge in [-0.3, -0.25) is 4.79 Å². The molecule has 1 unspecified atom stereocenters. The Balaban J connectivity index is 1.90. The highest BCUT2D eigenvalue weighted by atomic mass is 79.9. The molecule has 1 fully saturated rings. The number of benzene rings is 1. The van der Waals surface area contributed by atoms with Crippen molar-refractivity contribution in [3.05, 3.63) is 27.1 Å². The summed E-state index contributed by atoms with van der Waals surface area (Å²) in [5.41, 5.74) is -0.770. The number of hydrogen-bond acceptors (Lipinski definition) is 3. The second kappa shape index (κ2) is 5.81. The van der Waals surface area contributed by atoms with E-state index in [0.717, 1.165) is 8.95 Å². The summed E-state index contributed by atoms with van der Waals surface area (Å²) in [5, 5.41) is 9.83. The molecule has 1 aromatic carbocycles. The summed E-state index contributed by atoms with van der Waals surface area (Å²) < 4.78 is 7.23. The molecule has 0 aliphatic carbocycles. The topological polar surface area (TPSA) is 49.8 Å². The van der Waals surface area contributed by atoms with Gasteiger partial charge >= 0.3 is 0 Å². The van der Waals surface area contributed by atoms with E-state index in [4.69, 9.17) is 4.74 Å². The molecule has 1 saturated heterocycles. The maximum atomic E-state index is 11.9. The van der Waals surface area contributed by atoms with Crippen molar-refractivity contribution in [3.8, 4) is 5.75 Å². The summed E-state index contributed by atoms with van der Waals surface area (Å²) in [6.07, 6.45) is 0.612. The molecule has 0 saturated carbocycles. The Hall–Kier alpha value is -0.590. The van der Waals surface area contributed by atoms with Gasteiger partial charge in [-0.2, -0.15) is 0 Å². The van der Waals surface area contributed by atoms with E-state index in [2.05, 4.69) is 31.9 Å². The van der Waals surface area contributed by atoms with Crippen molar-refractivity contribution in [1.82, 2.24) is 4.90 Å². The largest absolute Gasteiger partial charge is 0.483 e. The molecule has 19 heavy (non-hydrogen) atoms. The summed E-state index contributed by atoms with van der Waals surface area (Å²) in [5.74, 6) is 0.523. The normalized spacial score (nSPS) is 22.6. The van der Waals surface area contributed by atoms with Crippen LogP contribution in [0.2, 0.25) is 0 Å². The number of hydrogen-bond donors (Lipinski definition) is 1.